The monoisotopic (exact) mass is 275 g/mol. The number of nitrogens with two attached hydrogens (primary N) is 2. The van der Waals surface area contributed by atoms with Crippen molar-refractivity contribution < 1.29 is 14.7 Å². The zero-order chi connectivity index (χ0) is 15.0. The van der Waals surface area contributed by atoms with Gasteiger partial charge >= 0.3 is 5.97 Å². The summed E-state index contributed by atoms with van der Waals surface area (Å²) in [6, 6.07) is 4.45. The minimum Gasteiger partial charge on any atom is -0.478 e. The second-order valence-electron chi connectivity index (χ2n) is 4.01. The van der Waals surface area contributed by atoms with E-state index in [4.69, 9.17) is 16.6 Å². The van der Waals surface area contributed by atoms with Crippen molar-refractivity contribution in [2.75, 3.05) is 18.4 Å². The van der Waals surface area contributed by atoms with Crippen LogP contribution in [-0.2, 0) is 4.79 Å². The van der Waals surface area contributed by atoms with Crippen LogP contribution in [0.3, 0.4) is 0 Å². The van der Waals surface area contributed by atoms with Gasteiger partial charge in [0.05, 0.1) is 12.1 Å². The Bertz CT molecular complexity index is 559. The van der Waals surface area contributed by atoms with Crippen molar-refractivity contribution in [3.8, 4) is 11.8 Å². The molecule has 1 aromatic rings. The standard InChI is InChI=1S/C14H17N3O3/c15-7-1-3-10-9-11(5-6-12(10)14(19)20)17-13(18)4-2-8-16/h5-6,9H,2,4,7-8,15-16H2,(H,17,18)(H,19,20). The van der Waals surface area contributed by atoms with Crippen LogP contribution in [0.5, 0.6) is 0 Å². The van der Waals surface area contributed by atoms with Gasteiger partial charge in [-0.25, -0.2) is 4.79 Å². The molecule has 0 aliphatic heterocycles. The van der Waals surface area contributed by atoms with Crippen molar-refractivity contribution in [1.29, 1.82) is 0 Å². The summed E-state index contributed by atoms with van der Waals surface area (Å²) in [6.45, 7) is 0.574. The fourth-order valence-corrected chi connectivity index (χ4v) is 1.54. The average Bonchev–Trinajstić information content (AvgIpc) is 2.42. The average molecular weight is 275 g/mol. The van der Waals surface area contributed by atoms with E-state index in [1.54, 1.807) is 0 Å². The molecule has 0 spiro atoms. The molecule has 20 heavy (non-hydrogen) atoms. The lowest BCUT2D eigenvalue weighted by Crippen LogP contribution is -2.14. The molecule has 6 N–H and O–H groups in total. The Labute approximate surface area is 117 Å². The van der Waals surface area contributed by atoms with Crippen LogP contribution in [-0.4, -0.2) is 30.1 Å². The molecule has 0 radical (unpaired) electrons. The summed E-state index contributed by atoms with van der Waals surface area (Å²) in [6.07, 6.45) is 0.917. The zero-order valence-electron chi connectivity index (χ0n) is 11.0. The molecular weight excluding hydrogens is 258 g/mol. The molecule has 0 atom stereocenters. The van der Waals surface area contributed by atoms with Crippen LogP contribution in [0.2, 0.25) is 0 Å². The highest BCUT2D eigenvalue weighted by atomic mass is 16.4. The maximum atomic E-state index is 11.6. The fraction of sp³-hybridized carbons (Fsp3) is 0.286. The van der Waals surface area contributed by atoms with Gasteiger partial charge in [-0.3, -0.25) is 4.79 Å². The summed E-state index contributed by atoms with van der Waals surface area (Å²) in [5.74, 6) is 4.04. The number of carbonyl (C=O) groups is 2. The largest absolute Gasteiger partial charge is 0.478 e. The second-order valence-corrected chi connectivity index (χ2v) is 4.01. The van der Waals surface area contributed by atoms with Gasteiger partial charge in [0, 0.05) is 17.7 Å². The van der Waals surface area contributed by atoms with Crippen molar-refractivity contribution in [2.45, 2.75) is 12.8 Å². The molecule has 1 rings (SSSR count). The molecular formula is C14H17N3O3. The number of hydrogen-bond donors (Lipinski definition) is 4. The molecule has 0 saturated heterocycles. The van der Waals surface area contributed by atoms with E-state index >= 15 is 0 Å². The summed E-state index contributed by atoms with van der Waals surface area (Å²) in [5.41, 5.74) is 11.5. The van der Waals surface area contributed by atoms with E-state index in [1.807, 2.05) is 0 Å². The maximum Gasteiger partial charge on any atom is 0.336 e. The van der Waals surface area contributed by atoms with Crippen LogP contribution in [0.15, 0.2) is 18.2 Å². The maximum absolute atomic E-state index is 11.6. The predicted octanol–water partition coefficient (Wildman–Crippen LogP) is 0.372. The summed E-state index contributed by atoms with van der Waals surface area (Å²) in [4.78, 5) is 22.6. The first kappa shape index (κ1) is 15.7. The Balaban J connectivity index is 2.94. The molecule has 0 fully saturated rings. The topological polar surface area (TPSA) is 118 Å². The summed E-state index contributed by atoms with van der Waals surface area (Å²) in [5, 5.41) is 11.7. The van der Waals surface area contributed by atoms with Crippen molar-refractivity contribution in [2.24, 2.45) is 11.5 Å². The third kappa shape index (κ3) is 4.72. The van der Waals surface area contributed by atoms with Crippen LogP contribution in [0.25, 0.3) is 0 Å². The first-order valence-corrected chi connectivity index (χ1v) is 6.14. The van der Waals surface area contributed by atoms with Crippen LogP contribution in [0, 0.1) is 11.8 Å². The minimum absolute atomic E-state index is 0.0749. The zero-order valence-corrected chi connectivity index (χ0v) is 11.0. The molecule has 0 aliphatic rings. The first-order valence-electron chi connectivity index (χ1n) is 6.14. The number of amides is 1. The lowest BCUT2D eigenvalue weighted by Gasteiger charge is -2.07. The predicted molar refractivity (Wildman–Crippen MR) is 76.3 cm³/mol. The van der Waals surface area contributed by atoms with E-state index in [0.29, 0.717) is 30.6 Å². The highest BCUT2D eigenvalue weighted by Gasteiger charge is 2.10. The number of carboxylic acids is 1. The number of carboxylic acid groups (broad SMARTS) is 1. The molecule has 0 aromatic heterocycles. The molecule has 0 bridgehead atoms. The second kappa shape index (κ2) is 7.94. The van der Waals surface area contributed by atoms with E-state index in [1.165, 1.54) is 18.2 Å². The number of anilines is 1. The van der Waals surface area contributed by atoms with Crippen molar-refractivity contribution in [3.63, 3.8) is 0 Å². The van der Waals surface area contributed by atoms with Gasteiger partial charge in [0.25, 0.3) is 0 Å². The molecule has 1 aromatic carbocycles. The Morgan fingerprint density at radius 2 is 2.05 bits per heavy atom. The lowest BCUT2D eigenvalue weighted by atomic mass is 10.1. The smallest absolute Gasteiger partial charge is 0.336 e. The number of rotatable bonds is 5. The number of benzene rings is 1. The summed E-state index contributed by atoms with van der Waals surface area (Å²) in [7, 11) is 0. The minimum atomic E-state index is -1.08. The highest BCUT2D eigenvalue weighted by Crippen LogP contribution is 2.16. The quantitative estimate of drug-likeness (QED) is 0.579. The van der Waals surface area contributed by atoms with Gasteiger partial charge in [0.1, 0.15) is 0 Å². The molecule has 106 valence electrons. The van der Waals surface area contributed by atoms with E-state index in [0.717, 1.165) is 0 Å². The van der Waals surface area contributed by atoms with Crippen molar-refractivity contribution >= 4 is 17.6 Å². The Morgan fingerprint density at radius 1 is 1.30 bits per heavy atom. The van der Waals surface area contributed by atoms with Crippen LogP contribution < -0.4 is 16.8 Å². The van der Waals surface area contributed by atoms with Crippen LogP contribution >= 0.6 is 0 Å². The molecule has 6 nitrogen and oxygen atoms in total. The highest BCUT2D eigenvalue weighted by molar-refractivity contribution is 5.94. The van der Waals surface area contributed by atoms with Gasteiger partial charge in [0.2, 0.25) is 5.91 Å². The third-order valence-electron chi connectivity index (χ3n) is 2.47. The first-order chi connectivity index (χ1) is 9.58. The fourth-order valence-electron chi connectivity index (χ4n) is 1.54. The number of aromatic carboxylic acids is 1. The number of nitrogens with one attached hydrogen (secondary N) is 1. The molecule has 0 saturated carbocycles. The van der Waals surface area contributed by atoms with E-state index < -0.39 is 5.97 Å². The lowest BCUT2D eigenvalue weighted by molar-refractivity contribution is -0.116. The van der Waals surface area contributed by atoms with Gasteiger partial charge < -0.3 is 21.9 Å². The molecule has 0 unspecified atom stereocenters. The van der Waals surface area contributed by atoms with Gasteiger partial charge in [-0.2, -0.15) is 0 Å². The molecule has 6 heteroatoms. The Hall–Kier alpha value is -2.36. The molecule has 0 aliphatic carbocycles. The summed E-state index contributed by atoms with van der Waals surface area (Å²) < 4.78 is 0. The number of carbonyl (C=O) groups excluding carboxylic acids is 1. The van der Waals surface area contributed by atoms with Crippen molar-refractivity contribution in [1.82, 2.24) is 0 Å². The molecule has 1 amide bonds. The Morgan fingerprint density at radius 3 is 2.65 bits per heavy atom. The summed E-state index contributed by atoms with van der Waals surface area (Å²) >= 11 is 0. The van der Waals surface area contributed by atoms with Gasteiger partial charge in [-0.1, -0.05) is 11.8 Å². The number of hydrogen-bond acceptors (Lipinski definition) is 4. The van der Waals surface area contributed by atoms with Crippen LogP contribution in [0.4, 0.5) is 5.69 Å². The van der Waals surface area contributed by atoms with Gasteiger partial charge in [-0.15, -0.1) is 0 Å². The SMILES string of the molecule is NCC#Cc1cc(NC(=O)CCCN)ccc1C(=O)O. The van der Waals surface area contributed by atoms with Gasteiger partial charge in [-0.05, 0) is 31.2 Å². The molecule has 0 heterocycles. The Kier molecular flexibility index (Phi) is 6.23. The van der Waals surface area contributed by atoms with E-state index in [2.05, 4.69) is 17.2 Å². The van der Waals surface area contributed by atoms with E-state index in [-0.39, 0.29) is 18.0 Å². The third-order valence-corrected chi connectivity index (χ3v) is 2.47. The van der Waals surface area contributed by atoms with Crippen LogP contribution in [0.1, 0.15) is 28.8 Å². The van der Waals surface area contributed by atoms with Crippen molar-refractivity contribution in [3.05, 3.63) is 29.3 Å². The van der Waals surface area contributed by atoms with Gasteiger partial charge in [0.15, 0.2) is 0 Å². The van der Waals surface area contributed by atoms with E-state index in [9.17, 15) is 9.59 Å². The normalized spacial score (nSPS) is 9.50.